The normalized spacial score (nSPS) is 24.5. The Morgan fingerprint density at radius 1 is 1.12 bits per heavy atom. The molecule has 0 radical (unpaired) electrons. The number of halogens is 2. The zero-order chi connectivity index (χ0) is 17.3. The standard InChI is InChI=1S/C16H18F2N2O4/c17-12-1-11(2-13(18)3-12)16(23)20-5-10-4-19(7-15(21)22)6-14(20)9-24-8-10/h1-3,10,14H,4-9H2,(H,21,22)/t10-,14-/m0/s1. The molecule has 1 aromatic rings. The van der Waals surface area contributed by atoms with Crippen molar-refractivity contribution in [2.24, 2.45) is 5.92 Å². The van der Waals surface area contributed by atoms with Gasteiger partial charge in [-0.1, -0.05) is 0 Å². The van der Waals surface area contributed by atoms with Crippen molar-refractivity contribution in [2.45, 2.75) is 6.04 Å². The molecule has 2 saturated heterocycles. The fourth-order valence-corrected chi connectivity index (χ4v) is 3.35. The van der Waals surface area contributed by atoms with Crippen molar-refractivity contribution in [3.63, 3.8) is 0 Å². The van der Waals surface area contributed by atoms with Gasteiger partial charge >= 0.3 is 5.97 Å². The molecule has 2 bridgehead atoms. The summed E-state index contributed by atoms with van der Waals surface area (Å²) in [5.41, 5.74) is -0.0511. The summed E-state index contributed by atoms with van der Waals surface area (Å²) in [5.74, 6) is -3.05. The van der Waals surface area contributed by atoms with Gasteiger partial charge in [-0.2, -0.15) is 0 Å². The van der Waals surface area contributed by atoms with Gasteiger partial charge in [0.25, 0.3) is 5.91 Å². The number of benzene rings is 1. The monoisotopic (exact) mass is 340 g/mol. The number of fused-ring (bicyclic) bond motifs is 3. The highest BCUT2D eigenvalue weighted by Crippen LogP contribution is 2.22. The van der Waals surface area contributed by atoms with Gasteiger partial charge in [0.05, 0.1) is 25.8 Å². The average molecular weight is 340 g/mol. The lowest BCUT2D eigenvalue weighted by molar-refractivity contribution is -0.138. The summed E-state index contributed by atoms with van der Waals surface area (Å²) in [6.07, 6.45) is 0. The average Bonchev–Trinajstić information content (AvgIpc) is 2.75. The van der Waals surface area contributed by atoms with Crippen LogP contribution in [0.5, 0.6) is 0 Å². The van der Waals surface area contributed by atoms with Crippen LogP contribution in [0.15, 0.2) is 18.2 Å². The van der Waals surface area contributed by atoms with E-state index in [1.807, 2.05) is 0 Å². The van der Waals surface area contributed by atoms with Crippen LogP contribution in [0.1, 0.15) is 10.4 Å². The van der Waals surface area contributed by atoms with E-state index in [9.17, 15) is 18.4 Å². The number of carbonyl (C=O) groups excluding carboxylic acids is 1. The van der Waals surface area contributed by atoms with E-state index in [4.69, 9.17) is 9.84 Å². The third-order valence-corrected chi connectivity index (χ3v) is 4.27. The van der Waals surface area contributed by atoms with Gasteiger partial charge in [-0.3, -0.25) is 14.5 Å². The van der Waals surface area contributed by atoms with E-state index >= 15 is 0 Å². The maximum atomic E-state index is 13.4. The first-order valence-electron chi connectivity index (χ1n) is 7.71. The Bertz CT molecular complexity index is 635. The number of hydrogen-bond acceptors (Lipinski definition) is 4. The molecule has 2 heterocycles. The molecular weight excluding hydrogens is 322 g/mol. The third kappa shape index (κ3) is 3.70. The quantitative estimate of drug-likeness (QED) is 0.882. The summed E-state index contributed by atoms with van der Waals surface area (Å²) in [5, 5.41) is 9.00. The van der Waals surface area contributed by atoms with Crippen LogP contribution in [0.2, 0.25) is 0 Å². The van der Waals surface area contributed by atoms with Crippen LogP contribution in [-0.2, 0) is 9.53 Å². The summed E-state index contributed by atoms with van der Waals surface area (Å²) in [7, 11) is 0. The lowest BCUT2D eigenvalue weighted by atomic mass is 10.1. The van der Waals surface area contributed by atoms with Crippen LogP contribution in [0.4, 0.5) is 8.78 Å². The number of amides is 1. The lowest BCUT2D eigenvalue weighted by Crippen LogP contribution is -2.47. The number of carbonyl (C=O) groups is 2. The fourth-order valence-electron chi connectivity index (χ4n) is 3.35. The summed E-state index contributed by atoms with van der Waals surface area (Å²) in [4.78, 5) is 27.0. The van der Waals surface area contributed by atoms with E-state index in [2.05, 4.69) is 0 Å². The van der Waals surface area contributed by atoms with Gasteiger partial charge in [0, 0.05) is 37.2 Å². The SMILES string of the molecule is O=C(O)CN1C[C@@H]2COC[C@H](C1)N(C(=O)c1cc(F)cc(F)c1)C2. The van der Waals surface area contributed by atoms with Gasteiger partial charge in [-0.05, 0) is 12.1 Å². The van der Waals surface area contributed by atoms with E-state index in [1.54, 1.807) is 9.80 Å². The molecule has 130 valence electrons. The second kappa shape index (κ2) is 6.82. The molecule has 1 aromatic carbocycles. The first-order valence-corrected chi connectivity index (χ1v) is 7.71. The Morgan fingerprint density at radius 3 is 2.50 bits per heavy atom. The second-order valence-electron chi connectivity index (χ2n) is 6.26. The molecule has 6 nitrogen and oxygen atoms in total. The Kier molecular flexibility index (Phi) is 4.77. The molecule has 2 aliphatic rings. The van der Waals surface area contributed by atoms with Crippen molar-refractivity contribution < 1.29 is 28.2 Å². The van der Waals surface area contributed by atoms with Crippen molar-refractivity contribution >= 4 is 11.9 Å². The molecule has 24 heavy (non-hydrogen) atoms. The topological polar surface area (TPSA) is 70.1 Å². The van der Waals surface area contributed by atoms with Gasteiger partial charge in [-0.15, -0.1) is 0 Å². The van der Waals surface area contributed by atoms with Gasteiger partial charge in [-0.25, -0.2) is 8.78 Å². The minimum atomic E-state index is -0.930. The highest BCUT2D eigenvalue weighted by molar-refractivity contribution is 5.94. The Morgan fingerprint density at radius 2 is 1.83 bits per heavy atom. The van der Waals surface area contributed by atoms with Crippen LogP contribution < -0.4 is 0 Å². The number of nitrogens with zero attached hydrogens (tertiary/aromatic N) is 2. The molecule has 0 saturated carbocycles. The Balaban J connectivity index is 1.84. The maximum Gasteiger partial charge on any atom is 0.317 e. The van der Waals surface area contributed by atoms with Crippen molar-refractivity contribution in [1.82, 2.24) is 9.80 Å². The zero-order valence-corrected chi connectivity index (χ0v) is 13.0. The highest BCUT2D eigenvalue weighted by atomic mass is 19.1. The molecular formula is C16H18F2N2O4. The molecule has 2 atom stereocenters. The predicted molar refractivity (Wildman–Crippen MR) is 79.6 cm³/mol. The molecule has 1 N–H and O–H groups in total. The molecule has 3 rings (SSSR count). The van der Waals surface area contributed by atoms with Crippen LogP contribution in [0.25, 0.3) is 0 Å². The van der Waals surface area contributed by atoms with Gasteiger partial charge in [0.2, 0.25) is 0 Å². The van der Waals surface area contributed by atoms with Crippen molar-refractivity contribution in [3.8, 4) is 0 Å². The minimum Gasteiger partial charge on any atom is -0.480 e. The summed E-state index contributed by atoms with van der Waals surface area (Å²) in [6, 6.07) is 2.39. The van der Waals surface area contributed by atoms with Gasteiger partial charge in [0.1, 0.15) is 11.6 Å². The Hall–Kier alpha value is -2.06. The molecule has 2 fully saturated rings. The summed E-state index contributed by atoms with van der Waals surface area (Å²) < 4.78 is 32.4. The van der Waals surface area contributed by atoms with E-state index in [1.165, 1.54) is 0 Å². The molecule has 2 aliphatic heterocycles. The van der Waals surface area contributed by atoms with Crippen molar-refractivity contribution in [3.05, 3.63) is 35.4 Å². The largest absolute Gasteiger partial charge is 0.480 e. The molecule has 0 aromatic heterocycles. The molecule has 0 unspecified atom stereocenters. The first-order chi connectivity index (χ1) is 11.4. The lowest BCUT2D eigenvalue weighted by Gasteiger charge is -2.30. The van der Waals surface area contributed by atoms with Crippen molar-refractivity contribution in [1.29, 1.82) is 0 Å². The van der Waals surface area contributed by atoms with Gasteiger partial charge in [0.15, 0.2) is 0 Å². The third-order valence-electron chi connectivity index (χ3n) is 4.27. The predicted octanol–water partition coefficient (Wildman–Crippen LogP) is 0.822. The number of carboxylic acids is 1. The molecule has 8 heteroatoms. The number of hydrogen-bond donors (Lipinski definition) is 1. The van der Waals surface area contributed by atoms with E-state index in [-0.39, 0.29) is 30.7 Å². The highest BCUT2D eigenvalue weighted by Gasteiger charge is 2.36. The number of aliphatic carboxylic acids is 1. The number of rotatable bonds is 3. The van der Waals surface area contributed by atoms with Crippen LogP contribution in [0.3, 0.4) is 0 Å². The first kappa shape index (κ1) is 16.8. The maximum absolute atomic E-state index is 13.4. The zero-order valence-electron chi connectivity index (χ0n) is 13.0. The molecule has 1 amide bonds. The minimum absolute atomic E-state index is 0.0424. The van der Waals surface area contributed by atoms with E-state index in [0.717, 1.165) is 18.2 Å². The fraction of sp³-hybridized carbons (Fsp3) is 0.500. The smallest absolute Gasteiger partial charge is 0.317 e. The summed E-state index contributed by atoms with van der Waals surface area (Å²) >= 11 is 0. The second-order valence-corrected chi connectivity index (χ2v) is 6.26. The van der Waals surface area contributed by atoms with Crippen LogP contribution >= 0.6 is 0 Å². The van der Waals surface area contributed by atoms with E-state index in [0.29, 0.717) is 26.2 Å². The van der Waals surface area contributed by atoms with Crippen molar-refractivity contribution in [2.75, 3.05) is 39.4 Å². The van der Waals surface area contributed by atoms with Gasteiger partial charge < -0.3 is 14.7 Å². The Labute approximate surface area is 137 Å². The summed E-state index contributed by atoms with van der Waals surface area (Å²) in [6.45, 7) is 1.82. The molecule has 0 spiro atoms. The van der Waals surface area contributed by atoms with Crippen LogP contribution in [0, 0.1) is 17.6 Å². The molecule has 0 aliphatic carbocycles. The number of ether oxygens (including phenoxy) is 1. The van der Waals surface area contributed by atoms with Crippen LogP contribution in [-0.4, -0.2) is 72.2 Å². The number of carboxylic acid groups (broad SMARTS) is 1. The van der Waals surface area contributed by atoms with E-state index < -0.39 is 23.5 Å².